The van der Waals surface area contributed by atoms with Crippen LogP contribution in [0, 0.1) is 0 Å². The van der Waals surface area contributed by atoms with Crippen molar-refractivity contribution < 1.29 is 9.59 Å². The molecule has 0 unspecified atom stereocenters. The molecular formula is C13H16BrClN2O2. The van der Waals surface area contributed by atoms with Crippen LogP contribution in [-0.4, -0.2) is 36.3 Å². The molecule has 0 aromatic heterocycles. The van der Waals surface area contributed by atoms with E-state index in [1.165, 1.54) is 4.90 Å². The third-order valence-corrected chi connectivity index (χ3v) is 3.66. The zero-order valence-corrected chi connectivity index (χ0v) is 13.4. The van der Waals surface area contributed by atoms with Crippen LogP contribution in [0.3, 0.4) is 0 Å². The number of likely N-dealkylation sites (N-methyl/N-ethyl adjacent to an activating group) is 1. The molecule has 0 bridgehead atoms. The SMILES string of the molecule is CC(C)NC(=O)CN(C)C(=O)c1cccc(Br)c1Cl. The molecule has 19 heavy (non-hydrogen) atoms. The summed E-state index contributed by atoms with van der Waals surface area (Å²) in [6.07, 6.45) is 0. The second-order valence-electron chi connectivity index (χ2n) is 4.48. The molecule has 1 aromatic rings. The maximum atomic E-state index is 12.2. The molecule has 2 amide bonds. The summed E-state index contributed by atoms with van der Waals surface area (Å²) in [5, 5.41) is 3.08. The van der Waals surface area contributed by atoms with Gasteiger partial charge in [0, 0.05) is 17.6 Å². The van der Waals surface area contributed by atoms with Crippen molar-refractivity contribution in [3.8, 4) is 0 Å². The fourth-order valence-electron chi connectivity index (χ4n) is 1.53. The van der Waals surface area contributed by atoms with Crippen molar-refractivity contribution in [2.24, 2.45) is 0 Å². The number of hydrogen-bond donors (Lipinski definition) is 1. The van der Waals surface area contributed by atoms with Crippen molar-refractivity contribution in [3.63, 3.8) is 0 Å². The second-order valence-corrected chi connectivity index (χ2v) is 5.72. The molecular weight excluding hydrogens is 332 g/mol. The van der Waals surface area contributed by atoms with E-state index in [2.05, 4.69) is 21.2 Å². The number of benzene rings is 1. The lowest BCUT2D eigenvalue weighted by Gasteiger charge is -2.18. The van der Waals surface area contributed by atoms with Gasteiger partial charge < -0.3 is 10.2 Å². The predicted molar refractivity (Wildman–Crippen MR) is 79.4 cm³/mol. The van der Waals surface area contributed by atoms with E-state index in [0.717, 1.165) is 0 Å². The maximum Gasteiger partial charge on any atom is 0.255 e. The van der Waals surface area contributed by atoms with Gasteiger partial charge in [-0.05, 0) is 41.9 Å². The largest absolute Gasteiger partial charge is 0.352 e. The number of rotatable bonds is 4. The van der Waals surface area contributed by atoms with E-state index in [9.17, 15) is 9.59 Å². The van der Waals surface area contributed by atoms with Gasteiger partial charge >= 0.3 is 0 Å². The summed E-state index contributed by atoms with van der Waals surface area (Å²) in [5.41, 5.74) is 0.371. The zero-order chi connectivity index (χ0) is 14.6. The molecule has 1 N–H and O–H groups in total. The molecule has 0 spiro atoms. The Bertz CT molecular complexity index is 492. The van der Waals surface area contributed by atoms with E-state index in [0.29, 0.717) is 15.1 Å². The van der Waals surface area contributed by atoms with Crippen LogP contribution in [-0.2, 0) is 4.79 Å². The quantitative estimate of drug-likeness (QED) is 0.910. The highest BCUT2D eigenvalue weighted by Crippen LogP contribution is 2.26. The van der Waals surface area contributed by atoms with Gasteiger partial charge in [-0.15, -0.1) is 0 Å². The van der Waals surface area contributed by atoms with Crippen LogP contribution in [0.2, 0.25) is 5.02 Å². The number of hydrogen-bond acceptors (Lipinski definition) is 2. The number of carbonyl (C=O) groups is 2. The molecule has 0 saturated heterocycles. The molecule has 0 saturated carbocycles. The van der Waals surface area contributed by atoms with E-state index in [-0.39, 0.29) is 24.4 Å². The molecule has 1 aromatic carbocycles. The molecule has 6 heteroatoms. The summed E-state index contributed by atoms with van der Waals surface area (Å²) in [7, 11) is 1.57. The summed E-state index contributed by atoms with van der Waals surface area (Å²) in [6, 6.07) is 5.16. The summed E-state index contributed by atoms with van der Waals surface area (Å²) in [5.74, 6) is -0.484. The van der Waals surface area contributed by atoms with Crippen LogP contribution < -0.4 is 5.32 Å². The highest BCUT2D eigenvalue weighted by atomic mass is 79.9. The lowest BCUT2D eigenvalue weighted by molar-refractivity contribution is -0.122. The van der Waals surface area contributed by atoms with E-state index in [1.54, 1.807) is 25.2 Å². The highest BCUT2D eigenvalue weighted by molar-refractivity contribution is 9.10. The topological polar surface area (TPSA) is 49.4 Å². The molecule has 0 heterocycles. The Morgan fingerprint density at radius 2 is 2.05 bits per heavy atom. The Morgan fingerprint density at radius 1 is 1.42 bits per heavy atom. The average molecular weight is 348 g/mol. The minimum absolute atomic E-state index is 0.000143. The van der Waals surface area contributed by atoms with E-state index in [1.807, 2.05) is 13.8 Å². The minimum Gasteiger partial charge on any atom is -0.352 e. The summed E-state index contributed by atoms with van der Waals surface area (Å²) >= 11 is 9.32. The Hall–Kier alpha value is -1.07. The molecule has 104 valence electrons. The van der Waals surface area contributed by atoms with Crippen LogP contribution in [0.5, 0.6) is 0 Å². The third kappa shape index (κ3) is 4.51. The van der Waals surface area contributed by atoms with Crippen LogP contribution >= 0.6 is 27.5 Å². The zero-order valence-electron chi connectivity index (χ0n) is 11.0. The first-order valence-electron chi connectivity index (χ1n) is 5.81. The van der Waals surface area contributed by atoms with Gasteiger partial charge in [-0.3, -0.25) is 9.59 Å². The fraction of sp³-hybridized carbons (Fsp3) is 0.385. The van der Waals surface area contributed by atoms with Gasteiger partial charge in [0.25, 0.3) is 5.91 Å². The van der Waals surface area contributed by atoms with E-state index in [4.69, 9.17) is 11.6 Å². The van der Waals surface area contributed by atoms with E-state index < -0.39 is 0 Å². The molecule has 1 rings (SSSR count). The molecule has 0 atom stereocenters. The van der Waals surface area contributed by atoms with Crippen molar-refractivity contribution >= 4 is 39.3 Å². The number of nitrogens with one attached hydrogen (secondary N) is 1. The second kappa shape index (κ2) is 6.91. The number of nitrogens with zero attached hydrogens (tertiary/aromatic N) is 1. The molecule has 0 fully saturated rings. The van der Waals surface area contributed by atoms with Crippen LogP contribution in [0.15, 0.2) is 22.7 Å². The number of carbonyl (C=O) groups excluding carboxylic acids is 2. The van der Waals surface area contributed by atoms with Gasteiger partial charge in [0.1, 0.15) is 0 Å². The lowest BCUT2D eigenvalue weighted by atomic mass is 10.2. The van der Waals surface area contributed by atoms with Crippen molar-refractivity contribution in [3.05, 3.63) is 33.3 Å². The fourth-order valence-corrected chi connectivity index (χ4v) is 2.10. The third-order valence-electron chi connectivity index (χ3n) is 2.36. The van der Waals surface area contributed by atoms with Gasteiger partial charge in [-0.2, -0.15) is 0 Å². The summed E-state index contributed by atoms with van der Waals surface area (Å²) < 4.78 is 0.653. The Kier molecular flexibility index (Phi) is 5.82. The van der Waals surface area contributed by atoms with Crippen molar-refractivity contribution in [2.45, 2.75) is 19.9 Å². The van der Waals surface area contributed by atoms with Gasteiger partial charge in [-0.25, -0.2) is 0 Å². The highest BCUT2D eigenvalue weighted by Gasteiger charge is 2.18. The monoisotopic (exact) mass is 346 g/mol. The van der Waals surface area contributed by atoms with Crippen LogP contribution in [0.4, 0.5) is 0 Å². The minimum atomic E-state index is -0.287. The molecule has 0 aliphatic rings. The van der Waals surface area contributed by atoms with Crippen molar-refractivity contribution in [1.82, 2.24) is 10.2 Å². The van der Waals surface area contributed by atoms with Crippen molar-refractivity contribution in [2.75, 3.05) is 13.6 Å². The summed E-state index contributed by atoms with van der Waals surface area (Å²) in [4.78, 5) is 25.1. The first-order chi connectivity index (χ1) is 8.82. The molecule has 0 aliphatic heterocycles. The Morgan fingerprint density at radius 3 is 2.63 bits per heavy atom. The predicted octanol–water partition coefficient (Wildman–Crippen LogP) is 2.70. The van der Waals surface area contributed by atoms with Gasteiger partial charge in [0.15, 0.2) is 0 Å². The average Bonchev–Trinajstić information content (AvgIpc) is 2.30. The number of amides is 2. The summed E-state index contributed by atoms with van der Waals surface area (Å²) in [6.45, 7) is 3.73. The van der Waals surface area contributed by atoms with Crippen molar-refractivity contribution in [1.29, 1.82) is 0 Å². The number of halogens is 2. The van der Waals surface area contributed by atoms with Crippen LogP contribution in [0.25, 0.3) is 0 Å². The normalized spacial score (nSPS) is 10.4. The lowest BCUT2D eigenvalue weighted by Crippen LogP contribution is -2.40. The molecule has 4 nitrogen and oxygen atoms in total. The van der Waals surface area contributed by atoms with E-state index >= 15 is 0 Å². The Balaban J connectivity index is 2.77. The molecule has 0 radical (unpaired) electrons. The molecule has 0 aliphatic carbocycles. The van der Waals surface area contributed by atoms with Gasteiger partial charge in [0.2, 0.25) is 5.91 Å². The first-order valence-corrected chi connectivity index (χ1v) is 6.99. The van der Waals surface area contributed by atoms with Gasteiger partial charge in [-0.1, -0.05) is 17.7 Å². The van der Waals surface area contributed by atoms with Crippen LogP contribution in [0.1, 0.15) is 24.2 Å². The van der Waals surface area contributed by atoms with Gasteiger partial charge in [0.05, 0.1) is 17.1 Å². The maximum absolute atomic E-state index is 12.2. The standard InChI is InChI=1S/C13H16BrClN2O2/c1-8(2)16-11(18)7-17(3)13(19)9-5-4-6-10(14)12(9)15/h4-6,8H,7H2,1-3H3,(H,16,18). The Labute approximate surface area is 126 Å². The first kappa shape index (κ1) is 16.0. The smallest absolute Gasteiger partial charge is 0.255 e.